The topological polar surface area (TPSA) is 42.1 Å². The van der Waals surface area contributed by atoms with E-state index in [9.17, 15) is 0 Å². The Morgan fingerprint density at radius 3 is 2.90 bits per heavy atom. The smallest absolute Gasteiger partial charge is 0.133 e. The van der Waals surface area contributed by atoms with Crippen LogP contribution in [0.1, 0.15) is 23.2 Å². The first-order valence-electron chi connectivity index (χ1n) is 6.79. The van der Waals surface area contributed by atoms with Crippen molar-refractivity contribution in [2.24, 2.45) is 5.73 Å². The van der Waals surface area contributed by atoms with Gasteiger partial charge in [-0.3, -0.25) is 0 Å². The van der Waals surface area contributed by atoms with Gasteiger partial charge in [0.2, 0.25) is 0 Å². The van der Waals surface area contributed by atoms with Crippen LogP contribution in [0.2, 0.25) is 0 Å². The van der Waals surface area contributed by atoms with Crippen LogP contribution in [0.5, 0.6) is 0 Å². The van der Waals surface area contributed by atoms with Crippen LogP contribution in [0.25, 0.3) is 0 Å². The van der Waals surface area contributed by atoms with Gasteiger partial charge in [-0.05, 0) is 43.5 Å². The van der Waals surface area contributed by atoms with Gasteiger partial charge in [-0.25, -0.2) is 4.98 Å². The number of benzene rings is 1. The van der Waals surface area contributed by atoms with Crippen LogP contribution in [0.4, 0.5) is 11.5 Å². The standard InChI is InChI=1S/C16H17N3S/c1-11-9-13(16(17)20)10-15(18-11)19-8-4-6-12-5-2-3-7-14(12)19/h2-3,5,7,9-10H,4,6,8H2,1H3,(H2,17,20). The van der Waals surface area contributed by atoms with Crippen LogP contribution in [-0.2, 0) is 6.42 Å². The molecule has 1 aromatic heterocycles. The summed E-state index contributed by atoms with van der Waals surface area (Å²) in [6.07, 6.45) is 2.26. The molecule has 0 radical (unpaired) electrons. The van der Waals surface area contributed by atoms with Gasteiger partial charge >= 0.3 is 0 Å². The summed E-state index contributed by atoms with van der Waals surface area (Å²) in [5, 5.41) is 0. The second kappa shape index (κ2) is 5.21. The molecule has 2 heterocycles. The SMILES string of the molecule is Cc1cc(C(N)=S)cc(N2CCCc3ccccc32)n1. The first-order valence-corrected chi connectivity index (χ1v) is 7.20. The lowest BCUT2D eigenvalue weighted by Crippen LogP contribution is -2.26. The Morgan fingerprint density at radius 2 is 2.10 bits per heavy atom. The van der Waals surface area contributed by atoms with Gasteiger partial charge in [0, 0.05) is 23.5 Å². The van der Waals surface area contributed by atoms with Crippen LogP contribution in [-0.4, -0.2) is 16.5 Å². The number of anilines is 2. The number of aryl methyl sites for hydroxylation is 2. The summed E-state index contributed by atoms with van der Waals surface area (Å²) in [4.78, 5) is 7.33. The summed E-state index contributed by atoms with van der Waals surface area (Å²) < 4.78 is 0. The molecule has 0 aliphatic carbocycles. The molecule has 0 bridgehead atoms. The molecule has 4 heteroatoms. The molecule has 0 saturated carbocycles. The number of hydrogen-bond acceptors (Lipinski definition) is 3. The zero-order valence-electron chi connectivity index (χ0n) is 11.5. The van der Waals surface area contributed by atoms with Crippen molar-refractivity contribution in [3.8, 4) is 0 Å². The van der Waals surface area contributed by atoms with Gasteiger partial charge in [0.1, 0.15) is 10.8 Å². The summed E-state index contributed by atoms with van der Waals surface area (Å²) in [5.74, 6) is 0.931. The highest BCUT2D eigenvalue weighted by atomic mass is 32.1. The minimum atomic E-state index is 0.419. The fraction of sp³-hybridized carbons (Fsp3) is 0.250. The normalized spacial score (nSPS) is 13.9. The highest BCUT2D eigenvalue weighted by Gasteiger charge is 2.19. The largest absolute Gasteiger partial charge is 0.389 e. The number of aromatic nitrogens is 1. The lowest BCUT2D eigenvalue weighted by molar-refractivity contribution is 0.758. The molecule has 3 nitrogen and oxygen atoms in total. The zero-order chi connectivity index (χ0) is 14.1. The summed E-state index contributed by atoms with van der Waals surface area (Å²) >= 11 is 5.09. The van der Waals surface area contributed by atoms with E-state index in [0.717, 1.165) is 36.5 Å². The number of nitrogens with zero attached hydrogens (tertiary/aromatic N) is 2. The Morgan fingerprint density at radius 1 is 1.30 bits per heavy atom. The molecule has 1 aliphatic rings. The number of rotatable bonds is 2. The first kappa shape index (κ1) is 13.1. The fourth-order valence-electron chi connectivity index (χ4n) is 2.70. The minimum Gasteiger partial charge on any atom is -0.389 e. The highest BCUT2D eigenvalue weighted by Crippen LogP contribution is 2.32. The predicted molar refractivity (Wildman–Crippen MR) is 86.6 cm³/mol. The van der Waals surface area contributed by atoms with Crippen LogP contribution in [0.3, 0.4) is 0 Å². The van der Waals surface area contributed by atoms with Gasteiger partial charge in [0.05, 0.1) is 0 Å². The minimum absolute atomic E-state index is 0.419. The summed E-state index contributed by atoms with van der Waals surface area (Å²) in [6, 6.07) is 12.4. The van der Waals surface area contributed by atoms with Crippen molar-refractivity contribution in [3.05, 3.63) is 53.2 Å². The number of hydrogen-bond donors (Lipinski definition) is 1. The molecule has 0 fully saturated rings. The third kappa shape index (κ3) is 2.39. The Hall–Kier alpha value is -1.94. The molecule has 0 amide bonds. The Bertz CT molecular complexity index is 667. The summed E-state index contributed by atoms with van der Waals surface area (Å²) in [7, 11) is 0. The maximum absolute atomic E-state index is 5.76. The second-order valence-electron chi connectivity index (χ2n) is 5.10. The van der Waals surface area contributed by atoms with Crippen molar-refractivity contribution in [3.63, 3.8) is 0 Å². The lowest BCUT2D eigenvalue weighted by atomic mass is 10.0. The number of nitrogens with two attached hydrogens (primary N) is 1. The van der Waals surface area contributed by atoms with E-state index >= 15 is 0 Å². The van der Waals surface area contributed by atoms with Crippen LogP contribution >= 0.6 is 12.2 Å². The van der Waals surface area contributed by atoms with E-state index in [-0.39, 0.29) is 0 Å². The van der Waals surface area contributed by atoms with Crippen molar-refractivity contribution >= 4 is 28.7 Å². The average molecular weight is 283 g/mol. The van der Waals surface area contributed by atoms with Crippen molar-refractivity contribution in [1.82, 2.24) is 4.98 Å². The van der Waals surface area contributed by atoms with E-state index in [1.807, 2.05) is 19.1 Å². The van der Waals surface area contributed by atoms with Gasteiger partial charge < -0.3 is 10.6 Å². The van der Waals surface area contributed by atoms with Crippen molar-refractivity contribution in [2.75, 3.05) is 11.4 Å². The van der Waals surface area contributed by atoms with Crippen molar-refractivity contribution in [1.29, 1.82) is 0 Å². The molecule has 0 atom stereocenters. The highest BCUT2D eigenvalue weighted by molar-refractivity contribution is 7.80. The molecule has 3 rings (SSSR count). The van der Waals surface area contributed by atoms with Crippen LogP contribution in [0.15, 0.2) is 36.4 Å². The van der Waals surface area contributed by atoms with E-state index < -0.39 is 0 Å². The molecule has 0 spiro atoms. The van der Waals surface area contributed by atoms with E-state index in [0.29, 0.717) is 4.99 Å². The monoisotopic (exact) mass is 283 g/mol. The van der Waals surface area contributed by atoms with Gasteiger partial charge in [-0.1, -0.05) is 30.4 Å². The number of fused-ring (bicyclic) bond motifs is 1. The van der Waals surface area contributed by atoms with E-state index in [1.54, 1.807) is 0 Å². The number of pyridine rings is 1. The van der Waals surface area contributed by atoms with Gasteiger partial charge in [-0.15, -0.1) is 0 Å². The molecule has 20 heavy (non-hydrogen) atoms. The molecular weight excluding hydrogens is 266 g/mol. The third-order valence-corrected chi connectivity index (χ3v) is 3.85. The van der Waals surface area contributed by atoms with E-state index in [2.05, 4.69) is 34.1 Å². The van der Waals surface area contributed by atoms with E-state index in [4.69, 9.17) is 18.0 Å². The molecule has 2 N–H and O–H groups in total. The quantitative estimate of drug-likeness (QED) is 0.860. The Kier molecular flexibility index (Phi) is 3.40. The van der Waals surface area contributed by atoms with Crippen molar-refractivity contribution < 1.29 is 0 Å². The lowest BCUT2D eigenvalue weighted by Gasteiger charge is -2.30. The fourth-order valence-corrected chi connectivity index (χ4v) is 2.82. The number of para-hydroxylation sites is 1. The van der Waals surface area contributed by atoms with Crippen LogP contribution < -0.4 is 10.6 Å². The van der Waals surface area contributed by atoms with Crippen molar-refractivity contribution in [2.45, 2.75) is 19.8 Å². The van der Waals surface area contributed by atoms with E-state index in [1.165, 1.54) is 11.3 Å². The zero-order valence-corrected chi connectivity index (χ0v) is 12.3. The number of thiocarbonyl (C=S) groups is 1. The van der Waals surface area contributed by atoms with Crippen LogP contribution in [0, 0.1) is 6.92 Å². The maximum Gasteiger partial charge on any atom is 0.133 e. The maximum atomic E-state index is 5.76. The molecule has 0 saturated heterocycles. The van der Waals surface area contributed by atoms with Gasteiger partial charge in [-0.2, -0.15) is 0 Å². The molecule has 1 aliphatic heterocycles. The molecule has 102 valence electrons. The molecule has 0 unspecified atom stereocenters. The second-order valence-corrected chi connectivity index (χ2v) is 5.54. The predicted octanol–water partition coefficient (Wildman–Crippen LogP) is 3.11. The molecule has 1 aromatic carbocycles. The molecule has 2 aromatic rings. The Balaban J connectivity index is 2.08. The summed E-state index contributed by atoms with van der Waals surface area (Å²) in [6.45, 7) is 2.95. The third-order valence-electron chi connectivity index (χ3n) is 3.61. The summed E-state index contributed by atoms with van der Waals surface area (Å²) in [5.41, 5.74) is 10.2. The van der Waals surface area contributed by atoms with Gasteiger partial charge in [0.25, 0.3) is 0 Å². The van der Waals surface area contributed by atoms with Gasteiger partial charge in [0.15, 0.2) is 0 Å². The first-order chi connectivity index (χ1) is 9.65. The Labute approximate surface area is 124 Å². The average Bonchev–Trinajstić information content (AvgIpc) is 2.46. The molecular formula is C16H17N3S.